The van der Waals surface area contributed by atoms with Crippen molar-refractivity contribution in [3.8, 4) is 0 Å². The van der Waals surface area contributed by atoms with E-state index >= 15 is 0 Å². The number of rotatable bonds is 14. The van der Waals surface area contributed by atoms with Gasteiger partial charge in [-0.05, 0) is 6.92 Å². The molecule has 3 fully saturated rings. The Bertz CT molecular complexity index is 978. The van der Waals surface area contributed by atoms with E-state index in [4.69, 9.17) is 37.8 Å². The van der Waals surface area contributed by atoms with E-state index in [9.17, 15) is 70.7 Å². The summed E-state index contributed by atoms with van der Waals surface area (Å²) in [6, 6.07) is 0. The van der Waals surface area contributed by atoms with Crippen LogP contribution >= 0.6 is 7.82 Å². The molecule has 23 heteroatoms. The Kier molecular flexibility index (Phi) is 14.6. The van der Waals surface area contributed by atoms with Gasteiger partial charge in [0.15, 0.2) is 18.9 Å². The van der Waals surface area contributed by atoms with Gasteiger partial charge in [-0.3, -0.25) is 9.05 Å². The molecule has 14 N–H and O–H groups in total. The van der Waals surface area contributed by atoms with Gasteiger partial charge >= 0.3 is 7.82 Å². The molecule has 3 rings (SSSR count). The Morgan fingerprint density at radius 3 is 1.89 bits per heavy atom. The minimum atomic E-state index is -5.36. The molecular weight excluding hydrogens is 659 g/mol. The number of aliphatic hydroxyl groups excluding tert-OH is 13. The molecule has 46 heavy (non-hydrogen) atoms. The Balaban J connectivity index is 1.74. The van der Waals surface area contributed by atoms with E-state index in [1.165, 1.54) is 6.92 Å². The van der Waals surface area contributed by atoms with Gasteiger partial charge in [0.05, 0.1) is 32.5 Å². The normalized spacial score (nSPS) is 45.5. The largest absolute Gasteiger partial charge is 0.472 e. The lowest BCUT2D eigenvalue weighted by Gasteiger charge is -2.46. The monoisotopic (exact) mass is 702 g/mol. The third-order valence-corrected chi connectivity index (χ3v) is 8.68. The van der Waals surface area contributed by atoms with E-state index in [0.29, 0.717) is 0 Å². The van der Waals surface area contributed by atoms with Crippen LogP contribution in [0.3, 0.4) is 0 Å². The molecule has 0 aliphatic carbocycles. The smallest absolute Gasteiger partial charge is 0.394 e. The molecule has 3 saturated heterocycles. The third-order valence-electron chi connectivity index (χ3n) is 7.69. The van der Waals surface area contributed by atoms with E-state index in [0.717, 1.165) is 0 Å². The minimum absolute atomic E-state index is 0.813. The Morgan fingerprint density at radius 2 is 1.30 bits per heavy atom. The van der Waals surface area contributed by atoms with Gasteiger partial charge in [-0.25, -0.2) is 4.57 Å². The lowest BCUT2D eigenvalue weighted by molar-refractivity contribution is -0.363. The second kappa shape index (κ2) is 16.9. The first-order chi connectivity index (χ1) is 21.5. The highest BCUT2D eigenvalue weighted by atomic mass is 31.2. The quantitative estimate of drug-likeness (QED) is 0.0747. The van der Waals surface area contributed by atoms with Crippen LogP contribution < -0.4 is 0 Å². The first-order valence-corrected chi connectivity index (χ1v) is 15.5. The van der Waals surface area contributed by atoms with Crippen LogP contribution in [-0.4, -0.2) is 208 Å². The van der Waals surface area contributed by atoms with E-state index in [-0.39, 0.29) is 0 Å². The zero-order valence-corrected chi connectivity index (χ0v) is 25.1. The summed E-state index contributed by atoms with van der Waals surface area (Å²) in [5.41, 5.74) is 0. The molecule has 272 valence electrons. The summed E-state index contributed by atoms with van der Waals surface area (Å²) in [4.78, 5) is 10.2. The first kappa shape index (κ1) is 39.8. The molecule has 0 saturated carbocycles. The molecule has 0 aromatic rings. The molecule has 1 unspecified atom stereocenters. The fraction of sp³-hybridized carbons (Fsp3) is 1.00. The van der Waals surface area contributed by atoms with Crippen molar-refractivity contribution in [3.05, 3.63) is 0 Å². The van der Waals surface area contributed by atoms with E-state index < -0.39 is 145 Å². The standard InChI is InChI=1S/C23H43O22P/c1-6-11(28)19(44-22-17(34)15(32)13(30)9(4-26)42-22)18(35)23(40-6)43-10(12(29)7(27)2-24)5-39-46(37,38)45-20-16(33)14(31)8(3-25)41-21(20)36/h6-36H,2-5H2,1H3,(H,37,38)/t6-,7-,8+,9+,10+,11-,12-,13+,14-,15-,16-,17+,18+,19+,20+,21-,22+,23-/m0/s1. The molecule has 0 amide bonds. The number of hydrogen-bond donors (Lipinski definition) is 14. The van der Waals surface area contributed by atoms with Crippen molar-refractivity contribution in [2.75, 3.05) is 26.4 Å². The molecular formula is C23H43O22P. The van der Waals surface area contributed by atoms with Crippen molar-refractivity contribution in [1.29, 1.82) is 0 Å². The highest BCUT2D eigenvalue weighted by Gasteiger charge is 2.52. The molecule has 0 bridgehead atoms. The average Bonchev–Trinajstić information content (AvgIpc) is 3.02. The number of phosphoric ester groups is 1. The predicted molar refractivity (Wildman–Crippen MR) is 140 cm³/mol. The molecule has 19 atom stereocenters. The van der Waals surface area contributed by atoms with Gasteiger partial charge in [0.25, 0.3) is 0 Å². The van der Waals surface area contributed by atoms with Crippen LogP contribution in [-0.2, 0) is 37.3 Å². The summed E-state index contributed by atoms with van der Waals surface area (Å²) >= 11 is 0. The van der Waals surface area contributed by atoms with Crippen LogP contribution in [0, 0.1) is 0 Å². The van der Waals surface area contributed by atoms with Crippen molar-refractivity contribution < 1.29 is 109 Å². The Morgan fingerprint density at radius 1 is 0.717 bits per heavy atom. The van der Waals surface area contributed by atoms with Gasteiger partial charge in [-0.2, -0.15) is 0 Å². The average molecular weight is 703 g/mol. The van der Waals surface area contributed by atoms with E-state index in [1.807, 2.05) is 0 Å². The molecule has 22 nitrogen and oxygen atoms in total. The SMILES string of the molecule is C[C@@H]1O[C@@H](O[C@H](COP(=O)(O)O[C@@H]2[C@@H](O)[C@@H](O)[C@@H](CO)O[C@@H]2O)[C@@H](O)[C@@H](O)CO)[C@H](O)[C@H](O[C@H]2O[C@H](CO)[C@@H](O)[C@H](O)[C@H]2O)[C@H]1O. The molecule has 0 radical (unpaired) electrons. The zero-order valence-electron chi connectivity index (χ0n) is 24.2. The summed E-state index contributed by atoms with van der Waals surface area (Å²) < 4.78 is 48.6. The van der Waals surface area contributed by atoms with Crippen molar-refractivity contribution >= 4 is 7.82 Å². The third kappa shape index (κ3) is 9.13. The zero-order chi connectivity index (χ0) is 34.7. The van der Waals surface area contributed by atoms with Crippen LogP contribution in [0.25, 0.3) is 0 Å². The molecule has 0 aromatic heterocycles. The van der Waals surface area contributed by atoms with Crippen LogP contribution in [0.5, 0.6) is 0 Å². The lowest BCUT2D eigenvalue weighted by Crippen LogP contribution is -2.64. The highest BCUT2D eigenvalue weighted by molar-refractivity contribution is 7.47. The van der Waals surface area contributed by atoms with Crippen LogP contribution in [0.4, 0.5) is 0 Å². The van der Waals surface area contributed by atoms with Crippen LogP contribution in [0.1, 0.15) is 6.92 Å². The van der Waals surface area contributed by atoms with Crippen LogP contribution in [0.2, 0.25) is 0 Å². The molecule has 0 spiro atoms. The maximum Gasteiger partial charge on any atom is 0.472 e. The topological polar surface area (TPSA) is 365 Å². The van der Waals surface area contributed by atoms with Gasteiger partial charge in [0, 0.05) is 0 Å². The maximum absolute atomic E-state index is 12.7. The second-order valence-corrected chi connectivity index (χ2v) is 12.4. The van der Waals surface area contributed by atoms with Gasteiger partial charge in [-0.15, -0.1) is 0 Å². The van der Waals surface area contributed by atoms with Gasteiger partial charge in [0.2, 0.25) is 0 Å². The summed E-state index contributed by atoms with van der Waals surface area (Å²) in [7, 11) is -5.36. The van der Waals surface area contributed by atoms with Crippen LogP contribution in [0.15, 0.2) is 0 Å². The molecule has 3 heterocycles. The second-order valence-electron chi connectivity index (χ2n) is 11.0. The van der Waals surface area contributed by atoms with E-state index in [1.54, 1.807) is 0 Å². The number of phosphoric acid groups is 1. The highest BCUT2D eigenvalue weighted by Crippen LogP contribution is 2.47. The molecule has 3 aliphatic heterocycles. The first-order valence-electron chi connectivity index (χ1n) is 14.0. The fourth-order valence-electron chi connectivity index (χ4n) is 4.89. The lowest BCUT2D eigenvalue weighted by atomic mass is 9.97. The summed E-state index contributed by atoms with van der Waals surface area (Å²) in [6.45, 7) is -2.63. The van der Waals surface area contributed by atoms with Gasteiger partial charge in [-0.1, -0.05) is 0 Å². The minimum Gasteiger partial charge on any atom is -0.394 e. The van der Waals surface area contributed by atoms with Crippen molar-refractivity contribution in [1.82, 2.24) is 0 Å². The number of ether oxygens (including phenoxy) is 5. The predicted octanol–water partition coefficient (Wildman–Crippen LogP) is -8.33. The Hall–Kier alpha value is -0.610. The molecule has 0 aromatic carbocycles. The maximum atomic E-state index is 12.7. The van der Waals surface area contributed by atoms with E-state index in [2.05, 4.69) is 0 Å². The number of aliphatic hydroxyl groups is 13. The van der Waals surface area contributed by atoms with Crippen molar-refractivity contribution in [3.63, 3.8) is 0 Å². The summed E-state index contributed by atoms with van der Waals surface area (Å²) in [5, 5.41) is 131. The van der Waals surface area contributed by atoms with Crippen molar-refractivity contribution in [2.45, 2.75) is 117 Å². The number of hydrogen-bond acceptors (Lipinski definition) is 21. The summed E-state index contributed by atoms with van der Waals surface area (Å²) in [5.74, 6) is 0. The summed E-state index contributed by atoms with van der Waals surface area (Å²) in [6.07, 6.45) is -33.1. The van der Waals surface area contributed by atoms with Gasteiger partial charge in [0.1, 0.15) is 85.5 Å². The molecule has 3 aliphatic rings. The van der Waals surface area contributed by atoms with Crippen molar-refractivity contribution in [2.24, 2.45) is 0 Å². The van der Waals surface area contributed by atoms with Gasteiger partial charge < -0.3 is 95.0 Å². The Labute approximate surface area is 260 Å². The fourth-order valence-corrected chi connectivity index (χ4v) is 5.82.